The highest BCUT2D eigenvalue weighted by Crippen LogP contribution is 2.29. The Labute approximate surface area is 185 Å². The molecule has 0 aliphatic rings. The third kappa shape index (κ3) is 4.14. The Hall–Kier alpha value is -3.88. The molecule has 0 radical (unpaired) electrons. The molecule has 2 heterocycles. The first kappa shape index (κ1) is 21.4. The van der Waals surface area contributed by atoms with Crippen LogP contribution in [0.15, 0.2) is 53.5 Å². The summed E-state index contributed by atoms with van der Waals surface area (Å²) in [6, 6.07) is 13.5. The average molecular weight is 435 g/mol. The van der Waals surface area contributed by atoms with Gasteiger partial charge in [-0.15, -0.1) is 0 Å². The fourth-order valence-corrected chi connectivity index (χ4v) is 3.47. The molecule has 0 bridgehead atoms. The number of rotatable bonds is 8. The summed E-state index contributed by atoms with van der Waals surface area (Å²) in [5.41, 5.74) is 3.90. The molecule has 166 valence electrons. The van der Waals surface area contributed by atoms with Gasteiger partial charge in [0.2, 0.25) is 0 Å². The molecule has 0 N–H and O–H groups in total. The van der Waals surface area contributed by atoms with E-state index < -0.39 is 0 Å². The number of hydrogen-bond acceptors (Lipinski definition) is 6. The fourth-order valence-electron chi connectivity index (χ4n) is 3.47. The van der Waals surface area contributed by atoms with E-state index in [1.165, 1.54) is 9.36 Å². The highest BCUT2D eigenvalue weighted by molar-refractivity contribution is 5.61. The Morgan fingerprint density at radius 1 is 1.00 bits per heavy atom. The van der Waals surface area contributed by atoms with Crippen LogP contribution in [0.1, 0.15) is 25.0 Å². The van der Waals surface area contributed by atoms with Crippen LogP contribution in [-0.2, 0) is 20.2 Å². The topological polar surface area (TPSA) is 89.0 Å². The minimum Gasteiger partial charge on any atom is -0.493 e. The van der Waals surface area contributed by atoms with Crippen LogP contribution in [0.25, 0.3) is 16.9 Å². The van der Waals surface area contributed by atoms with Gasteiger partial charge in [-0.3, -0.25) is 4.68 Å². The van der Waals surface area contributed by atoms with Crippen molar-refractivity contribution in [2.75, 3.05) is 6.61 Å². The van der Waals surface area contributed by atoms with Crippen LogP contribution < -0.4 is 15.2 Å². The number of nitrogens with zero attached hydrogens (tertiary/aromatic N) is 6. The number of benzene rings is 2. The van der Waals surface area contributed by atoms with E-state index in [2.05, 4.69) is 28.5 Å². The predicted molar refractivity (Wildman–Crippen MR) is 120 cm³/mol. The third-order valence-electron chi connectivity index (χ3n) is 5.17. The zero-order chi connectivity index (χ0) is 22.7. The second-order valence-electron chi connectivity index (χ2n) is 7.31. The maximum atomic E-state index is 12.4. The van der Waals surface area contributed by atoms with E-state index in [-0.39, 0.29) is 12.3 Å². The lowest BCUT2D eigenvalue weighted by Crippen LogP contribution is -2.23. The van der Waals surface area contributed by atoms with Crippen molar-refractivity contribution < 1.29 is 9.47 Å². The number of hydrogen-bond donors (Lipinski definition) is 0. The van der Waals surface area contributed by atoms with E-state index in [0.29, 0.717) is 18.0 Å². The lowest BCUT2D eigenvalue weighted by Gasteiger charge is -2.16. The zero-order valence-corrected chi connectivity index (χ0v) is 18.6. The highest BCUT2D eigenvalue weighted by atomic mass is 16.5. The molecular formula is C23H26N6O3. The van der Waals surface area contributed by atoms with Gasteiger partial charge in [0.05, 0.1) is 23.6 Å². The van der Waals surface area contributed by atoms with Crippen molar-refractivity contribution in [3.05, 3.63) is 70.3 Å². The lowest BCUT2D eigenvalue weighted by atomic mass is 10.1. The van der Waals surface area contributed by atoms with Crippen LogP contribution in [0.4, 0.5) is 0 Å². The van der Waals surface area contributed by atoms with Crippen molar-refractivity contribution in [1.82, 2.24) is 29.6 Å². The minimum absolute atomic E-state index is 0.208. The molecule has 2 aromatic carbocycles. The van der Waals surface area contributed by atoms with Gasteiger partial charge in [0.25, 0.3) is 0 Å². The zero-order valence-electron chi connectivity index (χ0n) is 18.6. The molecule has 0 aliphatic heterocycles. The SMILES string of the molecule is CCOc1cccc(-n2nnn(C)c2=O)c1COc1ccc(-c2ccn(CC)n2)cc1C. The van der Waals surface area contributed by atoms with Crippen molar-refractivity contribution in [3.8, 4) is 28.4 Å². The Bertz CT molecular complexity index is 1290. The van der Waals surface area contributed by atoms with E-state index in [4.69, 9.17) is 9.47 Å². The molecule has 0 amide bonds. The molecule has 4 rings (SSSR count). The summed E-state index contributed by atoms with van der Waals surface area (Å²) in [5.74, 6) is 1.38. The second kappa shape index (κ2) is 9.09. The molecule has 0 unspecified atom stereocenters. The molecule has 9 nitrogen and oxygen atoms in total. The molecule has 0 spiro atoms. The van der Waals surface area contributed by atoms with Crippen LogP contribution in [0.3, 0.4) is 0 Å². The molecule has 0 saturated carbocycles. The van der Waals surface area contributed by atoms with E-state index in [1.807, 2.05) is 55.1 Å². The number of ether oxygens (including phenoxy) is 2. The summed E-state index contributed by atoms with van der Waals surface area (Å²) in [6.45, 7) is 7.49. The van der Waals surface area contributed by atoms with Crippen LogP contribution >= 0.6 is 0 Å². The maximum absolute atomic E-state index is 12.4. The van der Waals surface area contributed by atoms with Crippen molar-refractivity contribution >= 4 is 0 Å². The largest absolute Gasteiger partial charge is 0.493 e. The summed E-state index contributed by atoms with van der Waals surface area (Å²) < 4.78 is 16.3. The fraction of sp³-hybridized carbons (Fsp3) is 0.304. The Kier molecular flexibility index (Phi) is 6.07. The van der Waals surface area contributed by atoms with Gasteiger partial charge in [-0.2, -0.15) is 14.5 Å². The lowest BCUT2D eigenvalue weighted by molar-refractivity contribution is 0.284. The highest BCUT2D eigenvalue weighted by Gasteiger charge is 2.17. The van der Waals surface area contributed by atoms with Crippen LogP contribution in [0.5, 0.6) is 11.5 Å². The van der Waals surface area contributed by atoms with E-state index in [9.17, 15) is 4.79 Å². The van der Waals surface area contributed by atoms with Crippen molar-refractivity contribution in [1.29, 1.82) is 0 Å². The second-order valence-corrected chi connectivity index (χ2v) is 7.31. The quantitative estimate of drug-likeness (QED) is 0.423. The smallest absolute Gasteiger partial charge is 0.368 e. The summed E-state index contributed by atoms with van der Waals surface area (Å²) in [5, 5.41) is 12.4. The summed E-state index contributed by atoms with van der Waals surface area (Å²) >= 11 is 0. The van der Waals surface area contributed by atoms with Crippen LogP contribution in [0.2, 0.25) is 0 Å². The van der Waals surface area contributed by atoms with Crippen LogP contribution in [-0.4, -0.2) is 36.2 Å². The molecule has 4 aromatic rings. The van der Waals surface area contributed by atoms with Gasteiger partial charge in [0, 0.05) is 25.4 Å². The summed E-state index contributed by atoms with van der Waals surface area (Å²) in [7, 11) is 1.56. The van der Waals surface area contributed by atoms with Crippen molar-refractivity contribution in [3.63, 3.8) is 0 Å². The monoisotopic (exact) mass is 434 g/mol. The standard InChI is InChI=1S/C23H26N6O3/c1-5-28-13-12-19(24-28)17-10-11-21(16(3)14-17)32-15-18-20(8-7-9-22(18)31-6-2)29-23(30)27(4)25-26-29/h7-14H,5-6,15H2,1-4H3. The molecule has 32 heavy (non-hydrogen) atoms. The Morgan fingerprint density at radius 2 is 1.84 bits per heavy atom. The van der Waals surface area contributed by atoms with Crippen molar-refractivity contribution in [2.24, 2.45) is 7.05 Å². The van der Waals surface area contributed by atoms with Gasteiger partial charge in [0.15, 0.2) is 0 Å². The summed E-state index contributed by atoms with van der Waals surface area (Å²) in [6.07, 6.45) is 1.97. The molecular weight excluding hydrogens is 408 g/mol. The van der Waals surface area contributed by atoms with E-state index >= 15 is 0 Å². The number of tetrazole rings is 1. The Balaban J connectivity index is 1.63. The molecule has 9 heteroatoms. The van der Waals surface area contributed by atoms with Gasteiger partial charge in [0.1, 0.15) is 18.1 Å². The van der Waals surface area contributed by atoms with Gasteiger partial charge in [-0.25, -0.2) is 4.79 Å². The normalized spacial score (nSPS) is 11.0. The average Bonchev–Trinajstić information content (AvgIpc) is 3.41. The minimum atomic E-state index is -0.341. The van der Waals surface area contributed by atoms with Gasteiger partial charge >= 0.3 is 5.69 Å². The maximum Gasteiger partial charge on any atom is 0.368 e. The Morgan fingerprint density at radius 3 is 2.50 bits per heavy atom. The van der Waals surface area contributed by atoms with E-state index in [0.717, 1.165) is 34.7 Å². The molecule has 0 aliphatic carbocycles. The van der Waals surface area contributed by atoms with Crippen molar-refractivity contribution in [2.45, 2.75) is 33.9 Å². The first-order chi connectivity index (χ1) is 15.5. The molecule has 0 atom stereocenters. The number of aromatic nitrogens is 6. The summed E-state index contributed by atoms with van der Waals surface area (Å²) in [4.78, 5) is 12.4. The number of aryl methyl sites for hydroxylation is 3. The van der Waals surface area contributed by atoms with E-state index in [1.54, 1.807) is 13.1 Å². The van der Waals surface area contributed by atoms with Gasteiger partial charge < -0.3 is 9.47 Å². The van der Waals surface area contributed by atoms with Gasteiger partial charge in [-0.05, 0) is 73.2 Å². The first-order valence-electron chi connectivity index (χ1n) is 10.5. The van der Waals surface area contributed by atoms with Gasteiger partial charge in [-0.1, -0.05) is 6.07 Å². The molecule has 0 saturated heterocycles. The first-order valence-corrected chi connectivity index (χ1v) is 10.5. The molecule has 2 aromatic heterocycles. The predicted octanol–water partition coefficient (Wildman–Crippen LogP) is 3.14. The molecule has 0 fully saturated rings. The van der Waals surface area contributed by atoms with Crippen LogP contribution in [0, 0.1) is 6.92 Å². The third-order valence-corrected chi connectivity index (χ3v) is 5.17.